The second-order valence-electron chi connectivity index (χ2n) is 2.64. The van der Waals surface area contributed by atoms with Gasteiger partial charge in [0.2, 0.25) is 0 Å². The van der Waals surface area contributed by atoms with Crippen molar-refractivity contribution in [3.8, 4) is 11.8 Å². The van der Waals surface area contributed by atoms with E-state index >= 15 is 0 Å². The molecule has 0 amide bonds. The van der Waals surface area contributed by atoms with Gasteiger partial charge in [-0.25, -0.2) is 0 Å². The molecule has 0 unspecified atom stereocenters. The van der Waals surface area contributed by atoms with Crippen LogP contribution in [0.5, 0.6) is 5.75 Å². The van der Waals surface area contributed by atoms with Gasteiger partial charge in [0, 0.05) is 0 Å². The lowest BCUT2D eigenvalue weighted by Crippen LogP contribution is -1.88. The number of phenolic OH excluding ortho intramolecular Hbond substituents is 1. The largest absolute Gasteiger partial charge is 0.506 e. The summed E-state index contributed by atoms with van der Waals surface area (Å²) in [6.07, 6.45) is 0. The summed E-state index contributed by atoms with van der Waals surface area (Å²) in [5.41, 5.74) is 1.92. The van der Waals surface area contributed by atoms with Crippen molar-refractivity contribution in [3.05, 3.63) is 27.8 Å². The quantitative estimate of drug-likeness (QED) is 0.669. The van der Waals surface area contributed by atoms with Crippen LogP contribution in [0, 0.1) is 25.2 Å². The number of aryl methyl sites for hydroxylation is 1. The van der Waals surface area contributed by atoms with Crippen LogP contribution in [0.4, 0.5) is 0 Å². The number of hydrogen-bond donors (Lipinski definition) is 1. The maximum atomic E-state index is 9.26. The lowest BCUT2D eigenvalue weighted by molar-refractivity contribution is 0.474. The molecule has 0 aromatic heterocycles. The van der Waals surface area contributed by atoms with Gasteiger partial charge >= 0.3 is 0 Å². The van der Waals surface area contributed by atoms with Crippen LogP contribution in [0.2, 0.25) is 5.02 Å². The molecule has 0 aliphatic heterocycles. The number of halogens is 1. The van der Waals surface area contributed by atoms with Gasteiger partial charge in [0.05, 0.1) is 16.7 Å². The third-order valence-corrected chi connectivity index (χ3v) is 2.27. The Hall–Kier alpha value is -1.20. The topological polar surface area (TPSA) is 44.0 Å². The summed E-state index contributed by atoms with van der Waals surface area (Å²) >= 11 is 5.73. The zero-order chi connectivity index (χ0) is 9.30. The second kappa shape index (κ2) is 3.04. The molecule has 3 heteroatoms. The Kier molecular flexibility index (Phi) is 2.25. The van der Waals surface area contributed by atoms with E-state index < -0.39 is 0 Å². The predicted octanol–water partition coefficient (Wildman–Crippen LogP) is 2.53. The van der Waals surface area contributed by atoms with Crippen molar-refractivity contribution < 1.29 is 5.11 Å². The van der Waals surface area contributed by atoms with Gasteiger partial charge in [-0.1, -0.05) is 11.6 Å². The minimum Gasteiger partial charge on any atom is -0.506 e. The highest BCUT2D eigenvalue weighted by atomic mass is 35.5. The molecule has 0 saturated heterocycles. The van der Waals surface area contributed by atoms with E-state index in [1.54, 1.807) is 13.8 Å². The number of nitriles is 1. The number of hydrogen-bond acceptors (Lipinski definition) is 2. The Balaban J connectivity index is 3.54. The van der Waals surface area contributed by atoms with Crippen LogP contribution in [-0.2, 0) is 0 Å². The van der Waals surface area contributed by atoms with Crippen LogP contribution in [0.15, 0.2) is 6.07 Å². The van der Waals surface area contributed by atoms with Crippen molar-refractivity contribution in [2.45, 2.75) is 13.8 Å². The normalized spacial score (nSPS) is 9.50. The van der Waals surface area contributed by atoms with Crippen LogP contribution >= 0.6 is 11.6 Å². The number of rotatable bonds is 0. The van der Waals surface area contributed by atoms with Crippen LogP contribution in [0.25, 0.3) is 0 Å². The molecule has 0 heterocycles. The van der Waals surface area contributed by atoms with E-state index in [-0.39, 0.29) is 10.8 Å². The fraction of sp³-hybridized carbons (Fsp3) is 0.222. The average Bonchev–Trinajstić information content (AvgIpc) is 2.01. The summed E-state index contributed by atoms with van der Waals surface area (Å²) in [5.74, 6) is 0.0330. The highest BCUT2D eigenvalue weighted by Crippen LogP contribution is 2.30. The molecule has 0 bridgehead atoms. The fourth-order valence-electron chi connectivity index (χ4n) is 1.11. The van der Waals surface area contributed by atoms with Crippen molar-refractivity contribution in [2.75, 3.05) is 0 Å². The average molecular weight is 182 g/mol. The fourth-order valence-corrected chi connectivity index (χ4v) is 1.26. The van der Waals surface area contributed by atoms with Gasteiger partial charge in [-0.2, -0.15) is 5.26 Å². The molecule has 0 saturated carbocycles. The highest BCUT2D eigenvalue weighted by molar-refractivity contribution is 6.32. The third-order valence-electron chi connectivity index (χ3n) is 1.79. The molecule has 2 nitrogen and oxygen atoms in total. The van der Waals surface area contributed by atoms with Gasteiger partial charge in [-0.05, 0) is 31.0 Å². The van der Waals surface area contributed by atoms with Crippen molar-refractivity contribution in [2.24, 2.45) is 0 Å². The zero-order valence-electron chi connectivity index (χ0n) is 6.85. The molecule has 0 spiro atoms. The second-order valence-corrected chi connectivity index (χ2v) is 3.02. The molecule has 0 aliphatic rings. The van der Waals surface area contributed by atoms with Crippen LogP contribution in [0.3, 0.4) is 0 Å². The predicted molar refractivity (Wildman–Crippen MR) is 47.3 cm³/mol. The molecule has 0 aliphatic carbocycles. The lowest BCUT2D eigenvalue weighted by atomic mass is 10.0. The van der Waals surface area contributed by atoms with Crippen LogP contribution in [-0.4, -0.2) is 5.11 Å². The summed E-state index contributed by atoms with van der Waals surface area (Å²) < 4.78 is 0. The number of nitrogens with zero attached hydrogens (tertiary/aromatic N) is 1. The van der Waals surface area contributed by atoms with E-state index in [0.29, 0.717) is 11.1 Å². The molecule has 1 N–H and O–H groups in total. The zero-order valence-corrected chi connectivity index (χ0v) is 7.61. The standard InChI is InChI=1S/C9H8ClNO/c1-5-3-8(12)9(10)6(2)7(5)4-11/h3,12H,1-2H3. The molecular formula is C9H8ClNO. The molecule has 1 rings (SSSR count). The first-order chi connectivity index (χ1) is 5.57. The maximum absolute atomic E-state index is 9.26. The monoisotopic (exact) mass is 181 g/mol. The minimum absolute atomic E-state index is 0.0330. The van der Waals surface area contributed by atoms with E-state index in [4.69, 9.17) is 16.9 Å². The molecule has 0 fully saturated rings. The van der Waals surface area contributed by atoms with Crippen molar-refractivity contribution >= 4 is 11.6 Å². The molecule has 0 radical (unpaired) electrons. The van der Waals surface area contributed by atoms with Crippen LogP contribution < -0.4 is 0 Å². The molecule has 1 aromatic carbocycles. The first-order valence-corrected chi connectivity index (χ1v) is 3.84. The smallest absolute Gasteiger partial charge is 0.134 e. The molecule has 0 atom stereocenters. The van der Waals surface area contributed by atoms with Crippen molar-refractivity contribution in [3.63, 3.8) is 0 Å². The van der Waals surface area contributed by atoms with Crippen LogP contribution in [0.1, 0.15) is 16.7 Å². The summed E-state index contributed by atoms with van der Waals surface area (Å²) in [7, 11) is 0. The van der Waals surface area contributed by atoms with Gasteiger partial charge in [0.1, 0.15) is 5.75 Å². The highest BCUT2D eigenvalue weighted by Gasteiger charge is 2.09. The Bertz CT molecular complexity index is 366. The molecule has 62 valence electrons. The van der Waals surface area contributed by atoms with Gasteiger partial charge in [0.15, 0.2) is 0 Å². The van der Waals surface area contributed by atoms with Gasteiger partial charge in [-0.3, -0.25) is 0 Å². The first-order valence-electron chi connectivity index (χ1n) is 3.46. The van der Waals surface area contributed by atoms with Gasteiger partial charge in [-0.15, -0.1) is 0 Å². The van der Waals surface area contributed by atoms with E-state index in [1.807, 2.05) is 6.07 Å². The number of benzene rings is 1. The summed E-state index contributed by atoms with van der Waals surface area (Å²) in [6, 6.07) is 3.53. The summed E-state index contributed by atoms with van der Waals surface area (Å²) in [6.45, 7) is 3.48. The Morgan fingerprint density at radius 1 is 1.50 bits per heavy atom. The maximum Gasteiger partial charge on any atom is 0.134 e. The SMILES string of the molecule is Cc1cc(O)c(Cl)c(C)c1C#N. The Labute approximate surface area is 76.0 Å². The van der Waals surface area contributed by atoms with Crippen molar-refractivity contribution in [1.82, 2.24) is 0 Å². The van der Waals surface area contributed by atoms with E-state index in [1.165, 1.54) is 6.07 Å². The Morgan fingerprint density at radius 3 is 2.58 bits per heavy atom. The van der Waals surface area contributed by atoms with E-state index in [0.717, 1.165) is 5.56 Å². The van der Waals surface area contributed by atoms with E-state index in [2.05, 4.69) is 0 Å². The van der Waals surface area contributed by atoms with Gasteiger partial charge in [0.25, 0.3) is 0 Å². The lowest BCUT2D eigenvalue weighted by Gasteiger charge is -2.05. The third kappa shape index (κ3) is 1.24. The molecule has 12 heavy (non-hydrogen) atoms. The number of phenols is 1. The van der Waals surface area contributed by atoms with E-state index in [9.17, 15) is 5.11 Å². The number of aromatic hydroxyl groups is 1. The minimum atomic E-state index is 0.0330. The molecular weight excluding hydrogens is 174 g/mol. The van der Waals surface area contributed by atoms with Crippen molar-refractivity contribution in [1.29, 1.82) is 5.26 Å². The first kappa shape index (κ1) is 8.89. The summed E-state index contributed by atoms with van der Waals surface area (Å²) in [4.78, 5) is 0. The summed E-state index contributed by atoms with van der Waals surface area (Å²) in [5, 5.41) is 18.2. The van der Waals surface area contributed by atoms with Gasteiger partial charge < -0.3 is 5.11 Å². The Morgan fingerprint density at radius 2 is 2.08 bits per heavy atom. The molecule has 1 aromatic rings.